The van der Waals surface area contributed by atoms with Gasteiger partial charge in [-0.3, -0.25) is 4.90 Å². The van der Waals surface area contributed by atoms with E-state index >= 15 is 0 Å². The number of ether oxygens (including phenoxy) is 1. The van der Waals surface area contributed by atoms with Gasteiger partial charge in [0.15, 0.2) is 0 Å². The van der Waals surface area contributed by atoms with Gasteiger partial charge in [0.1, 0.15) is 0 Å². The lowest BCUT2D eigenvalue weighted by atomic mass is 10.4. The first kappa shape index (κ1) is 8.58. The van der Waals surface area contributed by atoms with E-state index in [4.69, 9.17) is 4.74 Å². The maximum atomic E-state index is 5.24. The zero-order valence-corrected chi connectivity index (χ0v) is 7.39. The number of hydrogen-bond donors (Lipinski definition) is 0. The number of aromatic nitrogens is 4. The minimum atomic E-state index is 0.799. The molecule has 0 N–H and O–H groups in total. The first-order valence-electron chi connectivity index (χ1n) is 4.39. The average Bonchev–Trinajstić information content (AvgIpc) is 2.69. The van der Waals surface area contributed by atoms with Gasteiger partial charge in [0, 0.05) is 19.6 Å². The number of tetrazole rings is 1. The van der Waals surface area contributed by atoms with Gasteiger partial charge >= 0.3 is 0 Å². The van der Waals surface area contributed by atoms with Gasteiger partial charge in [0.2, 0.25) is 6.33 Å². The van der Waals surface area contributed by atoms with Gasteiger partial charge in [-0.1, -0.05) is 0 Å². The lowest BCUT2D eigenvalue weighted by molar-refractivity contribution is 0.0359. The highest BCUT2D eigenvalue weighted by Crippen LogP contribution is 1.96. The topological polar surface area (TPSA) is 56.1 Å². The maximum absolute atomic E-state index is 5.24. The molecule has 1 aromatic heterocycles. The van der Waals surface area contributed by atoms with Gasteiger partial charge in [0.25, 0.3) is 0 Å². The summed E-state index contributed by atoms with van der Waals surface area (Å²) in [5.41, 5.74) is 0. The minimum Gasteiger partial charge on any atom is -0.379 e. The predicted molar refractivity (Wildman–Crippen MR) is 43.9 cm³/mol. The number of rotatable bonds is 3. The zero-order chi connectivity index (χ0) is 8.93. The van der Waals surface area contributed by atoms with E-state index in [1.165, 1.54) is 0 Å². The van der Waals surface area contributed by atoms with E-state index in [-0.39, 0.29) is 0 Å². The SMILES string of the molecule is [c]1nnnn1CCN1CCOCC1. The normalized spacial score (nSPS) is 19.1. The lowest BCUT2D eigenvalue weighted by Crippen LogP contribution is -2.38. The van der Waals surface area contributed by atoms with Crippen LogP contribution in [-0.4, -0.2) is 58.0 Å². The van der Waals surface area contributed by atoms with Gasteiger partial charge in [-0.15, -0.1) is 5.10 Å². The molecule has 1 saturated heterocycles. The standard InChI is InChI=1S/C7H12N5O/c1(2-12-7-8-9-10-12)11-3-5-13-6-4-11/h1-6H2. The maximum Gasteiger partial charge on any atom is 0.221 e. The quantitative estimate of drug-likeness (QED) is 0.588. The summed E-state index contributed by atoms with van der Waals surface area (Å²) in [7, 11) is 0. The van der Waals surface area contributed by atoms with E-state index in [0.717, 1.165) is 39.4 Å². The molecule has 0 bridgehead atoms. The third-order valence-electron chi connectivity index (χ3n) is 2.08. The van der Waals surface area contributed by atoms with Crippen LogP contribution in [0.2, 0.25) is 0 Å². The average molecular weight is 182 g/mol. The van der Waals surface area contributed by atoms with Gasteiger partial charge in [-0.25, -0.2) is 4.68 Å². The third-order valence-corrected chi connectivity index (χ3v) is 2.08. The summed E-state index contributed by atoms with van der Waals surface area (Å²) in [5, 5.41) is 10.7. The third kappa shape index (κ3) is 2.46. The molecule has 1 aliphatic heterocycles. The van der Waals surface area contributed by atoms with Crippen molar-refractivity contribution in [3.05, 3.63) is 6.33 Å². The minimum absolute atomic E-state index is 0.799. The summed E-state index contributed by atoms with van der Waals surface area (Å²) in [5.74, 6) is 0. The van der Waals surface area contributed by atoms with Crippen LogP contribution in [0.4, 0.5) is 0 Å². The van der Waals surface area contributed by atoms with E-state index in [0.29, 0.717) is 0 Å². The molecule has 6 nitrogen and oxygen atoms in total. The molecular weight excluding hydrogens is 170 g/mol. The molecule has 0 atom stereocenters. The Kier molecular flexibility index (Phi) is 2.83. The zero-order valence-electron chi connectivity index (χ0n) is 7.39. The summed E-state index contributed by atoms with van der Waals surface area (Å²) < 4.78 is 6.86. The second-order valence-corrected chi connectivity index (χ2v) is 2.96. The summed E-state index contributed by atoms with van der Waals surface area (Å²) in [6.07, 6.45) is 2.66. The Labute approximate surface area is 76.5 Å². The van der Waals surface area contributed by atoms with Gasteiger partial charge in [0.05, 0.1) is 19.8 Å². The molecule has 1 fully saturated rings. The summed E-state index contributed by atoms with van der Waals surface area (Å²) >= 11 is 0. The Morgan fingerprint density at radius 1 is 1.23 bits per heavy atom. The number of nitrogens with zero attached hydrogens (tertiary/aromatic N) is 5. The molecule has 0 unspecified atom stereocenters. The van der Waals surface area contributed by atoms with Gasteiger partial charge in [-0.05, 0) is 10.4 Å². The van der Waals surface area contributed by atoms with Crippen molar-refractivity contribution < 1.29 is 4.74 Å². The van der Waals surface area contributed by atoms with Crippen LogP contribution in [0, 0.1) is 6.33 Å². The highest BCUT2D eigenvalue weighted by molar-refractivity contribution is 4.61. The van der Waals surface area contributed by atoms with Crippen molar-refractivity contribution in [2.24, 2.45) is 0 Å². The van der Waals surface area contributed by atoms with Crippen LogP contribution in [0.5, 0.6) is 0 Å². The molecule has 0 aromatic carbocycles. The Hall–Kier alpha value is -1.01. The fraction of sp³-hybridized carbons (Fsp3) is 0.857. The summed E-state index contributed by atoms with van der Waals surface area (Å²) in [6.45, 7) is 5.43. The van der Waals surface area contributed by atoms with Crippen LogP contribution in [0.25, 0.3) is 0 Å². The highest BCUT2D eigenvalue weighted by atomic mass is 16.5. The Morgan fingerprint density at radius 2 is 2.08 bits per heavy atom. The van der Waals surface area contributed by atoms with E-state index in [9.17, 15) is 0 Å². The van der Waals surface area contributed by atoms with Crippen LogP contribution < -0.4 is 0 Å². The van der Waals surface area contributed by atoms with E-state index in [1.54, 1.807) is 4.68 Å². The molecule has 2 heterocycles. The monoisotopic (exact) mass is 182 g/mol. The summed E-state index contributed by atoms with van der Waals surface area (Å²) in [6, 6.07) is 0. The van der Waals surface area contributed by atoms with Gasteiger partial charge in [-0.2, -0.15) is 0 Å². The van der Waals surface area contributed by atoms with Crippen LogP contribution >= 0.6 is 0 Å². The van der Waals surface area contributed by atoms with Crippen molar-refractivity contribution >= 4 is 0 Å². The highest BCUT2D eigenvalue weighted by Gasteiger charge is 2.09. The second kappa shape index (κ2) is 4.29. The van der Waals surface area contributed by atoms with E-state index < -0.39 is 0 Å². The van der Waals surface area contributed by atoms with Crippen molar-refractivity contribution in [3.8, 4) is 0 Å². The van der Waals surface area contributed by atoms with Crippen molar-refractivity contribution in [1.29, 1.82) is 0 Å². The molecule has 0 aliphatic carbocycles. The fourth-order valence-corrected chi connectivity index (χ4v) is 1.32. The molecule has 2 rings (SSSR count). The van der Waals surface area contributed by atoms with Crippen LogP contribution in [0.3, 0.4) is 0 Å². The summed E-state index contributed by atoms with van der Waals surface area (Å²) in [4.78, 5) is 2.33. The molecule has 13 heavy (non-hydrogen) atoms. The van der Waals surface area contributed by atoms with Crippen LogP contribution in [0.15, 0.2) is 0 Å². The Bertz CT molecular complexity index is 231. The first-order chi connectivity index (χ1) is 6.45. The molecule has 0 spiro atoms. The van der Waals surface area contributed by atoms with Gasteiger partial charge < -0.3 is 4.74 Å². The number of morpholine rings is 1. The second-order valence-electron chi connectivity index (χ2n) is 2.96. The van der Waals surface area contributed by atoms with Crippen LogP contribution in [-0.2, 0) is 11.3 Å². The molecule has 6 heteroatoms. The smallest absolute Gasteiger partial charge is 0.221 e. The molecule has 0 saturated carbocycles. The van der Waals surface area contributed by atoms with E-state index in [2.05, 4.69) is 26.8 Å². The van der Waals surface area contributed by atoms with Crippen molar-refractivity contribution in [1.82, 2.24) is 25.1 Å². The Morgan fingerprint density at radius 3 is 2.77 bits per heavy atom. The first-order valence-corrected chi connectivity index (χ1v) is 4.39. The van der Waals surface area contributed by atoms with E-state index in [1.807, 2.05) is 0 Å². The van der Waals surface area contributed by atoms with Crippen molar-refractivity contribution in [2.75, 3.05) is 32.8 Å². The molecule has 0 amide bonds. The predicted octanol–water partition coefficient (Wildman–Crippen LogP) is -1.19. The van der Waals surface area contributed by atoms with Crippen molar-refractivity contribution in [2.45, 2.75) is 6.54 Å². The Balaban J connectivity index is 1.72. The lowest BCUT2D eigenvalue weighted by Gasteiger charge is -2.25. The fourth-order valence-electron chi connectivity index (χ4n) is 1.32. The van der Waals surface area contributed by atoms with Crippen molar-refractivity contribution in [3.63, 3.8) is 0 Å². The van der Waals surface area contributed by atoms with Crippen LogP contribution in [0.1, 0.15) is 0 Å². The molecule has 71 valence electrons. The number of hydrogen-bond acceptors (Lipinski definition) is 5. The molecule has 1 radical (unpaired) electrons. The molecule has 1 aromatic rings. The largest absolute Gasteiger partial charge is 0.379 e. The molecule has 1 aliphatic rings. The molecular formula is C7H12N5O.